The van der Waals surface area contributed by atoms with E-state index in [0.29, 0.717) is 0 Å². The molecule has 2 aromatic rings. The van der Waals surface area contributed by atoms with Crippen LogP contribution in [0.2, 0.25) is 0 Å². The maximum atomic E-state index is 12.3. The van der Waals surface area contributed by atoms with Crippen molar-refractivity contribution in [2.24, 2.45) is 5.73 Å². The van der Waals surface area contributed by atoms with Crippen LogP contribution in [0.1, 0.15) is 48.2 Å². The number of hydrogen-bond acceptors (Lipinski definition) is 2. The molecule has 116 valence electrons. The molecule has 0 saturated heterocycles. The van der Waals surface area contributed by atoms with Crippen LogP contribution in [0.15, 0.2) is 48.5 Å². The Labute approximate surface area is 132 Å². The maximum Gasteiger partial charge on any atom is 0.241 e. The SMILES string of the molecule is CCc1ccc(C(C)NC(=O)C(N)c2ccc(C)cc2)cc1. The molecule has 3 heteroatoms. The van der Waals surface area contributed by atoms with Gasteiger partial charge in [0.1, 0.15) is 6.04 Å². The molecule has 0 aliphatic carbocycles. The van der Waals surface area contributed by atoms with E-state index < -0.39 is 6.04 Å². The number of amides is 1. The Morgan fingerprint density at radius 1 is 1.05 bits per heavy atom. The van der Waals surface area contributed by atoms with Gasteiger partial charge in [-0.05, 0) is 37.0 Å². The zero-order valence-electron chi connectivity index (χ0n) is 13.5. The first-order valence-electron chi connectivity index (χ1n) is 7.72. The molecular formula is C19H24N2O. The quantitative estimate of drug-likeness (QED) is 0.888. The lowest BCUT2D eigenvalue weighted by atomic mass is 10.0. The fourth-order valence-electron chi connectivity index (χ4n) is 2.35. The predicted octanol–water partition coefficient (Wildman–Crippen LogP) is 3.43. The summed E-state index contributed by atoms with van der Waals surface area (Å²) in [6.45, 7) is 6.11. The summed E-state index contributed by atoms with van der Waals surface area (Å²) in [5.41, 5.74) is 10.4. The predicted molar refractivity (Wildman–Crippen MR) is 90.5 cm³/mol. The van der Waals surface area contributed by atoms with Gasteiger partial charge in [0, 0.05) is 0 Å². The van der Waals surface area contributed by atoms with Gasteiger partial charge in [-0.25, -0.2) is 0 Å². The summed E-state index contributed by atoms with van der Waals surface area (Å²) in [4.78, 5) is 12.3. The van der Waals surface area contributed by atoms with Crippen molar-refractivity contribution in [1.82, 2.24) is 5.32 Å². The molecule has 0 aromatic heterocycles. The van der Waals surface area contributed by atoms with E-state index in [-0.39, 0.29) is 11.9 Å². The summed E-state index contributed by atoms with van der Waals surface area (Å²) >= 11 is 0. The van der Waals surface area contributed by atoms with E-state index in [1.54, 1.807) is 0 Å². The Balaban J connectivity index is 2.01. The van der Waals surface area contributed by atoms with Gasteiger partial charge in [-0.2, -0.15) is 0 Å². The third-order valence-electron chi connectivity index (χ3n) is 3.97. The van der Waals surface area contributed by atoms with Crippen LogP contribution in [-0.2, 0) is 11.2 Å². The Morgan fingerprint density at radius 3 is 2.14 bits per heavy atom. The number of hydrogen-bond donors (Lipinski definition) is 2. The average molecular weight is 296 g/mol. The lowest BCUT2D eigenvalue weighted by molar-refractivity contribution is -0.123. The first-order chi connectivity index (χ1) is 10.5. The average Bonchev–Trinajstić information content (AvgIpc) is 2.54. The van der Waals surface area contributed by atoms with Gasteiger partial charge in [0.15, 0.2) is 0 Å². The van der Waals surface area contributed by atoms with Crippen molar-refractivity contribution in [3.05, 3.63) is 70.8 Å². The van der Waals surface area contributed by atoms with E-state index in [9.17, 15) is 4.79 Å². The van der Waals surface area contributed by atoms with Gasteiger partial charge in [0.05, 0.1) is 6.04 Å². The highest BCUT2D eigenvalue weighted by Gasteiger charge is 2.18. The Morgan fingerprint density at radius 2 is 1.59 bits per heavy atom. The highest BCUT2D eigenvalue weighted by atomic mass is 16.2. The molecule has 2 unspecified atom stereocenters. The van der Waals surface area contributed by atoms with E-state index in [2.05, 4.69) is 36.5 Å². The molecule has 0 saturated carbocycles. The second-order valence-corrected chi connectivity index (χ2v) is 5.71. The largest absolute Gasteiger partial charge is 0.348 e. The number of aryl methyl sites for hydroxylation is 2. The fourth-order valence-corrected chi connectivity index (χ4v) is 2.35. The van der Waals surface area contributed by atoms with Crippen LogP contribution in [-0.4, -0.2) is 5.91 Å². The molecule has 0 radical (unpaired) electrons. The minimum atomic E-state index is -0.641. The normalized spacial score (nSPS) is 13.5. The molecule has 1 amide bonds. The van der Waals surface area contributed by atoms with Crippen LogP contribution in [0, 0.1) is 6.92 Å². The monoisotopic (exact) mass is 296 g/mol. The molecule has 3 nitrogen and oxygen atoms in total. The number of rotatable bonds is 5. The maximum absolute atomic E-state index is 12.3. The summed E-state index contributed by atoms with van der Waals surface area (Å²) in [5.74, 6) is -0.157. The first kappa shape index (κ1) is 16.2. The smallest absolute Gasteiger partial charge is 0.241 e. The van der Waals surface area contributed by atoms with Crippen LogP contribution in [0.3, 0.4) is 0 Å². The fraction of sp³-hybridized carbons (Fsp3) is 0.316. The molecule has 2 aromatic carbocycles. The van der Waals surface area contributed by atoms with Crippen LogP contribution >= 0.6 is 0 Å². The van der Waals surface area contributed by atoms with Crippen LogP contribution < -0.4 is 11.1 Å². The molecule has 0 aliphatic heterocycles. The first-order valence-corrected chi connectivity index (χ1v) is 7.72. The van der Waals surface area contributed by atoms with Gasteiger partial charge in [-0.3, -0.25) is 4.79 Å². The van der Waals surface area contributed by atoms with E-state index in [4.69, 9.17) is 5.73 Å². The van der Waals surface area contributed by atoms with E-state index >= 15 is 0 Å². The molecule has 3 N–H and O–H groups in total. The van der Waals surface area contributed by atoms with E-state index in [1.807, 2.05) is 38.1 Å². The number of benzene rings is 2. The minimum Gasteiger partial charge on any atom is -0.348 e. The van der Waals surface area contributed by atoms with Crippen molar-refractivity contribution in [2.75, 3.05) is 0 Å². The van der Waals surface area contributed by atoms with Gasteiger partial charge in [-0.1, -0.05) is 61.0 Å². The minimum absolute atomic E-state index is 0.0603. The lowest BCUT2D eigenvalue weighted by Gasteiger charge is -2.18. The zero-order chi connectivity index (χ0) is 16.1. The van der Waals surface area contributed by atoms with Gasteiger partial charge in [-0.15, -0.1) is 0 Å². The molecule has 0 heterocycles. The Kier molecular flexibility index (Phi) is 5.34. The zero-order valence-corrected chi connectivity index (χ0v) is 13.5. The highest BCUT2D eigenvalue weighted by molar-refractivity contribution is 5.83. The standard InChI is InChI=1S/C19H24N2O/c1-4-15-7-11-16(12-8-15)14(3)21-19(22)18(20)17-9-5-13(2)6-10-17/h5-12,14,18H,4,20H2,1-3H3,(H,21,22). The summed E-state index contributed by atoms with van der Waals surface area (Å²) < 4.78 is 0. The Hall–Kier alpha value is -2.13. The third-order valence-corrected chi connectivity index (χ3v) is 3.97. The molecule has 0 fully saturated rings. The van der Waals surface area contributed by atoms with Crippen LogP contribution in [0.5, 0.6) is 0 Å². The molecule has 2 rings (SSSR count). The highest BCUT2D eigenvalue weighted by Crippen LogP contribution is 2.16. The van der Waals surface area contributed by atoms with Gasteiger partial charge in [0.25, 0.3) is 0 Å². The number of carbonyl (C=O) groups excluding carboxylic acids is 1. The van der Waals surface area contributed by atoms with Crippen LogP contribution in [0.25, 0.3) is 0 Å². The third kappa shape index (κ3) is 3.95. The molecule has 2 atom stereocenters. The lowest BCUT2D eigenvalue weighted by Crippen LogP contribution is -2.35. The van der Waals surface area contributed by atoms with Gasteiger partial charge >= 0.3 is 0 Å². The van der Waals surface area contributed by atoms with Crippen molar-refractivity contribution in [2.45, 2.75) is 39.3 Å². The number of nitrogens with two attached hydrogens (primary N) is 1. The van der Waals surface area contributed by atoms with Crippen molar-refractivity contribution >= 4 is 5.91 Å². The number of nitrogens with one attached hydrogen (secondary N) is 1. The topological polar surface area (TPSA) is 55.1 Å². The van der Waals surface area contributed by atoms with Gasteiger partial charge < -0.3 is 11.1 Å². The van der Waals surface area contributed by atoms with Crippen molar-refractivity contribution in [3.8, 4) is 0 Å². The summed E-state index contributed by atoms with van der Waals surface area (Å²) in [5, 5.41) is 2.98. The second-order valence-electron chi connectivity index (χ2n) is 5.71. The van der Waals surface area contributed by atoms with Gasteiger partial charge in [0.2, 0.25) is 5.91 Å². The second kappa shape index (κ2) is 7.23. The summed E-state index contributed by atoms with van der Waals surface area (Å²) in [6, 6.07) is 15.3. The summed E-state index contributed by atoms with van der Waals surface area (Å²) in [7, 11) is 0. The molecule has 0 bridgehead atoms. The Bertz CT molecular complexity index is 617. The molecule has 22 heavy (non-hydrogen) atoms. The molecular weight excluding hydrogens is 272 g/mol. The van der Waals surface area contributed by atoms with E-state index in [1.165, 1.54) is 5.56 Å². The number of carbonyl (C=O) groups is 1. The van der Waals surface area contributed by atoms with Crippen molar-refractivity contribution < 1.29 is 4.79 Å². The van der Waals surface area contributed by atoms with Crippen molar-refractivity contribution in [1.29, 1.82) is 0 Å². The molecule has 0 aliphatic rings. The van der Waals surface area contributed by atoms with E-state index in [0.717, 1.165) is 23.1 Å². The summed E-state index contributed by atoms with van der Waals surface area (Å²) in [6.07, 6.45) is 1.01. The van der Waals surface area contributed by atoms with Crippen molar-refractivity contribution in [3.63, 3.8) is 0 Å². The molecule has 0 spiro atoms. The van der Waals surface area contributed by atoms with Crippen LogP contribution in [0.4, 0.5) is 0 Å².